The third kappa shape index (κ3) is 3.65. The molecule has 1 amide bonds. The molecule has 0 saturated heterocycles. The Kier molecular flexibility index (Phi) is 5.13. The number of nitrogens with zero attached hydrogens (tertiary/aromatic N) is 3. The van der Waals surface area contributed by atoms with E-state index in [2.05, 4.69) is 15.6 Å². The van der Waals surface area contributed by atoms with Gasteiger partial charge in [-0.15, -0.1) is 5.10 Å². The molecule has 0 radical (unpaired) electrons. The van der Waals surface area contributed by atoms with E-state index in [0.29, 0.717) is 33.2 Å². The monoisotopic (exact) mass is 376 g/mol. The second-order valence-corrected chi connectivity index (χ2v) is 5.83. The molecule has 1 N–H and O–H groups in total. The number of benzene rings is 2. The van der Waals surface area contributed by atoms with Crippen LogP contribution in [0.5, 0.6) is 11.5 Å². The number of methoxy groups -OCH3 is 2. The number of carbonyl (C=O) groups excluding carboxylic acids is 1. The lowest BCUT2D eigenvalue weighted by Gasteiger charge is -2.16. The summed E-state index contributed by atoms with van der Waals surface area (Å²) in [4.78, 5) is 19.3. The van der Waals surface area contributed by atoms with Gasteiger partial charge in [-0.1, -0.05) is 16.4 Å². The van der Waals surface area contributed by atoms with Crippen LogP contribution >= 0.6 is 11.6 Å². The zero-order valence-electron chi connectivity index (χ0n) is 14.4. The predicted molar refractivity (Wildman–Crippen MR) is 96.8 cm³/mol. The van der Waals surface area contributed by atoms with Gasteiger partial charge in [0, 0.05) is 11.1 Å². The number of carbonyl (C=O) groups is 1. The summed E-state index contributed by atoms with van der Waals surface area (Å²) in [6, 6.07) is 10.2. The molecule has 136 valence electrons. The van der Waals surface area contributed by atoms with Gasteiger partial charge >= 0.3 is 0 Å². The maximum absolute atomic E-state index is 12.5. The van der Waals surface area contributed by atoms with E-state index in [0.717, 1.165) is 0 Å². The third-order valence-electron chi connectivity index (χ3n) is 3.67. The van der Waals surface area contributed by atoms with Crippen LogP contribution in [-0.2, 0) is 4.79 Å². The summed E-state index contributed by atoms with van der Waals surface area (Å²) in [7, 11) is 3.06. The Labute approximate surface area is 154 Å². The molecule has 0 aliphatic carbocycles. The molecule has 1 atom stereocenters. The molecule has 3 rings (SSSR count). The molecule has 1 unspecified atom stereocenters. The molecule has 3 aromatic rings. The average molecular weight is 377 g/mol. The van der Waals surface area contributed by atoms with Gasteiger partial charge in [-0.2, -0.15) is 0 Å². The lowest BCUT2D eigenvalue weighted by Crippen LogP contribution is -2.35. The van der Waals surface area contributed by atoms with Crippen LogP contribution in [0.2, 0.25) is 5.02 Å². The van der Waals surface area contributed by atoms with Crippen molar-refractivity contribution in [1.29, 1.82) is 0 Å². The highest BCUT2D eigenvalue weighted by Crippen LogP contribution is 2.29. The third-order valence-corrected chi connectivity index (χ3v) is 3.90. The molecular weight excluding hydrogens is 360 g/mol. The van der Waals surface area contributed by atoms with Crippen LogP contribution in [0, 0.1) is 0 Å². The summed E-state index contributed by atoms with van der Waals surface area (Å²) in [5, 5.41) is 11.1. The van der Waals surface area contributed by atoms with Gasteiger partial charge in [-0.25, -0.2) is 0 Å². The second kappa shape index (κ2) is 7.49. The molecule has 0 aliphatic heterocycles. The summed E-state index contributed by atoms with van der Waals surface area (Å²) in [5.41, 5.74) is 1.64. The fourth-order valence-corrected chi connectivity index (χ4v) is 2.46. The average Bonchev–Trinajstić information content (AvgIpc) is 3.03. The minimum atomic E-state index is -0.852. The van der Waals surface area contributed by atoms with Gasteiger partial charge in [-0.3, -0.25) is 4.79 Å². The molecule has 0 aliphatic rings. The minimum Gasteiger partial charge on any atom is -0.497 e. The van der Waals surface area contributed by atoms with E-state index in [1.807, 2.05) is 0 Å². The van der Waals surface area contributed by atoms with E-state index < -0.39 is 6.10 Å². The maximum Gasteiger partial charge on any atom is 0.268 e. The molecule has 0 fully saturated rings. The van der Waals surface area contributed by atoms with Gasteiger partial charge in [0.2, 0.25) is 6.10 Å². The SMILES string of the molecule is COc1ccc(OC)c(NC(=O)C(C)On2nnc3ccc(Cl)cc32)c1. The molecule has 1 heterocycles. The fourth-order valence-electron chi connectivity index (χ4n) is 2.29. The molecule has 9 heteroatoms. The molecule has 0 saturated carbocycles. The predicted octanol–water partition coefficient (Wildman–Crippen LogP) is 2.56. The zero-order valence-corrected chi connectivity index (χ0v) is 15.1. The van der Waals surface area contributed by atoms with Crippen molar-refractivity contribution in [2.24, 2.45) is 0 Å². The molecule has 0 spiro atoms. The van der Waals surface area contributed by atoms with Crippen molar-refractivity contribution >= 4 is 34.2 Å². The number of hydrogen-bond acceptors (Lipinski definition) is 6. The van der Waals surface area contributed by atoms with Crippen molar-refractivity contribution < 1.29 is 19.1 Å². The number of anilines is 1. The first-order valence-electron chi connectivity index (χ1n) is 7.73. The van der Waals surface area contributed by atoms with Crippen LogP contribution in [0.25, 0.3) is 11.0 Å². The van der Waals surface area contributed by atoms with Crippen LogP contribution in [0.1, 0.15) is 6.92 Å². The Morgan fingerprint density at radius 2 is 2.00 bits per heavy atom. The lowest BCUT2D eigenvalue weighted by molar-refractivity contribution is -0.127. The highest BCUT2D eigenvalue weighted by Gasteiger charge is 2.19. The number of rotatable bonds is 6. The van der Waals surface area contributed by atoms with Crippen LogP contribution in [0.3, 0.4) is 0 Å². The van der Waals surface area contributed by atoms with E-state index in [1.54, 1.807) is 50.4 Å². The molecule has 8 nitrogen and oxygen atoms in total. The standard InChI is InChI=1S/C17H17ClN4O4/c1-10(26-22-15-8-11(18)4-6-13(15)20-21-22)17(23)19-14-9-12(24-2)5-7-16(14)25-3/h4-10H,1-3H3,(H,19,23). The highest BCUT2D eigenvalue weighted by atomic mass is 35.5. The van der Waals surface area contributed by atoms with Crippen LogP contribution in [0.15, 0.2) is 36.4 Å². The largest absolute Gasteiger partial charge is 0.497 e. The Morgan fingerprint density at radius 3 is 2.73 bits per heavy atom. The van der Waals surface area contributed by atoms with Crippen LogP contribution < -0.4 is 19.6 Å². The first-order valence-corrected chi connectivity index (χ1v) is 8.10. The molecule has 26 heavy (non-hydrogen) atoms. The van der Waals surface area contributed by atoms with Gasteiger partial charge in [0.15, 0.2) is 0 Å². The normalized spacial score (nSPS) is 11.8. The molecule has 2 aromatic carbocycles. The van der Waals surface area contributed by atoms with Gasteiger partial charge in [0.05, 0.1) is 19.9 Å². The lowest BCUT2D eigenvalue weighted by atomic mass is 10.2. The Balaban J connectivity index is 1.76. The van der Waals surface area contributed by atoms with Gasteiger partial charge in [0.1, 0.15) is 22.5 Å². The van der Waals surface area contributed by atoms with Crippen LogP contribution in [0.4, 0.5) is 5.69 Å². The number of nitrogens with one attached hydrogen (secondary N) is 1. The van der Waals surface area contributed by atoms with Crippen molar-refractivity contribution in [2.45, 2.75) is 13.0 Å². The topological polar surface area (TPSA) is 87.5 Å². The first kappa shape index (κ1) is 17.8. The van der Waals surface area contributed by atoms with Gasteiger partial charge in [0.25, 0.3) is 5.91 Å². The summed E-state index contributed by atoms with van der Waals surface area (Å²) in [5.74, 6) is 0.707. The Morgan fingerprint density at radius 1 is 1.19 bits per heavy atom. The Bertz CT molecular complexity index is 944. The van der Waals surface area contributed by atoms with E-state index in [4.69, 9.17) is 25.9 Å². The number of fused-ring (bicyclic) bond motifs is 1. The highest BCUT2D eigenvalue weighted by molar-refractivity contribution is 6.31. The van der Waals surface area contributed by atoms with E-state index in [1.165, 1.54) is 12.0 Å². The van der Waals surface area contributed by atoms with Crippen molar-refractivity contribution in [3.63, 3.8) is 0 Å². The number of amides is 1. The van der Waals surface area contributed by atoms with E-state index in [9.17, 15) is 4.79 Å². The number of aromatic nitrogens is 3. The summed E-state index contributed by atoms with van der Waals surface area (Å²) < 4.78 is 10.4. The number of halogens is 1. The summed E-state index contributed by atoms with van der Waals surface area (Å²) in [6.07, 6.45) is -0.852. The van der Waals surface area contributed by atoms with Crippen molar-refractivity contribution in [2.75, 3.05) is 19.5 Å². The smallest absolute Gasteiger partial charge is 0.268 e. The number of ether oxygens (including phenoxy) is 2. The summed E-state index contributed by atoms with van der Waals surface area (Å²) in [6.45, 7) is 1.60. The molecule has 1 aromatic heterocycles. The van der Waals surface area contributed by atoms with Crippen molar-refractivity contribution in [3.05, 3.63) is 41.4 Å². The van der Waals surface area contributed by atoms with E-state index >= 15 is 0 Å². The van der Waals surface area contributed by atoms with Crippen molar-refractivity contribution in [3.8, 4) is 11.5 Å². The van der Waals surface area contributed by atoms with Crippen LogP contribution in [-0.4, -0.2) is 41.4 Å². The van der Waals surface area contributed by atoms with Gasteiger partial charge in [-0.05, 0) is 42.5 Å². The fraction of sp³-hybridized carbons (Fsp3) is 0.235. The molecular formula is C17H17ClN4O4. The minimum absolute atomic E-state index is 0.387. The number of hydrogen-bond donors (Lipinski definition) is 1. The molecule has 0 bridgehead atoms. The van der Waals surface area contributed by atoms with E-state index in [-0.39, 0.29) is 5.91 Å². The maximum atomic E-state index is 12.5. The summed E-state index contributed by atoms with van der Waals surface area (Å²) >= 11 is 5.99. The second-order valence-electron chi connectivity index (χ2n) is 5.40. The Hall–Kier alpha value is -3.00. The quantitative estimate of drug-likeness (QED) is 0.711. The van der Waals surface area contributed by atoms with Crippen molar-refractivity contribution in [1.82, 2.24) is 15.2 Å². The first-order chi connectivity index (χ1) is 12.5. The van der Waals surface area contributed by atoms with Gasteiger partial charge < -0.3 is 19.6 Å². The zero-order chi connectivity index (χ0) is 18.7.